The molecule has 0 spiro atoms. The van der Waals surface area contributed by atoms with E-state index in [4.69, 9.17) is 4.74 Å². The first-order chi connectivity index (χ1) is 9.41. The molecule has 0 bridgehead atoms. The second kappa shape index (κ2) is 18.4. The summed E-state index contributed by atoms with van der Waals surface area (Å²) in [6.07, 6.45) is 17.8. The van der Waals surface area contributed by atoms with Crippen molar-refractivity contribution in [2.24, 2.45) is 0 Å². The molecule has 0 amide bonds. The highest BCUT2D eigenvalue weighted by Gasteiger charge is 1.93. The van der Waals surface area contributed by atoms with E-state index in [0.29, 0.717) is 0 Å². The minimum absolute atomic E-state index is 0.963. The molecular weight excluding hydrogens is 300 g/mol. The third kappa shape index (κ3) is 18.4. The largest absolute Gasteiger partial charge is 0.381 e. The molecule has 0 aliphatic heterocycles. The van der Waals surface area contributed by atoms with Crippen molar-refractivity contribution >= 4 is 15.9 Å². The predicted octanol–water partition coefficient (Wildman–Crippen LogP) is 6.49. The van der Waals surface area contributed by atoms with Gasteiger partial charge in [-0.15, -0.1) is 0 Å². The number of hydrogen-bond acceptors (Lipinski definition) is 1. The molecule has 1 nitrogen and oxygen atoms in total. The van der Waals surface area contributed by atoms with Gasteiger partial charge in [-0.25, -0.2) is 0 Å². The summed E-state index contributed by atoms with van der Waals surface area (Å²) in [7, 11) is 0. The first-order valence-corrected chi connectivity index (χ1v) is 9.67. The van der Waals surface area contributed by atoms with Gasteiger partial charge >= 0.3 is 0 Å². The average molecular weight is 335 g/mol. The number of hydrogen-bond donors (Lipinski definition) is 0. The number of rotatable bonds is 16. The maximum Gasteiger partial charge on any atom is 0.0466 e. The summed E-state index contributed by atoms with van der Waals surface area (Å²) in [5.41, 5.74) is 0. The molecule has 0 N–H and O–H groups in total. The molecule has 0 fully saturated rings. The topological polar surface area (TPSA) is 9.23 Å². The van der Waals surface area contributed by atoms with Crippen LogP contribution in [-0.4, -0.2) is 18.5 Å². The zero-order chi connectivity index (χ0) is 14.0. The molecule has 0 unspecified atom stereocenters. The van der Waals surface area contributed by atoms with Crippen molar-refractivity contribution < 1.29 is 4.74 Å². The van der Waals surface area contributed by atoms with Crippen LogP contribution in [0.2, 0.25) is 0 Å². The Kier molecular flexibility index (Phi) is 18.9. The highest BCUT2D eigenvalue weighted by molar-refractivity contribution is 9.09. The van der Waals surface area contributed by atoms with E-state index in [1.54, 1.807) is 0 Å². The molecule has 0 aromatic rings. The van der Waals surface area contributed by atoms with Crippen molar-refractivity contribution in [2.45, 2.75) is 90.4 Å². The Labute approximate surface area is 130 Å². The molecule has 116 valence electrons. The summed E-state index contributed by atoms with van der Waals surface area (Å²) in [6.45, 7) is 4.22. The normalized spacial score (nSPS) is 11.1. The minimum atomic E-state index is 0.963. The van der Waals surface area contributed by atoms with Crippen molar-refractivity contribution in [3.05, 3.63) is 0 Å². The van der Waals surface area contributed by atoms with E-state index in [-0.39, 0.29) is 0 Å². The van der Waals surface area contributed by atoms with Crippen molar-refractivity contribution in [3.63, 3.8) is 0 Å². The summed E-state index contributed by atoms with van der Waals surface area (Å²) in [4.78, 5) is 0. The summed E-state index contributed by atoms with van der Waals surface area (Å²) >= 11 is 3.45. The Balaban J connectivity index is 2.88. The Morgan fingerprint density at radius 2 is 1.00 bits per heavy atom. The fourth-order valence-electron chi connectivity index (χ4n) is 2.27. The molecule has 0 saturated carbocycles. The van der Waals surface area contributed by atoms with Crippen LogP contribution in [0.25, 0.3) is 0 Å². The lowest BCUT2D eigenvalue weighted by molar-refractivity contribution is 0.126. The van der Waals surface area contributed by atoms with Gasteiger partial charge < -0.3 is 4.74 Å². The molecule has 0 aliphatic rings. The molecule has 2 heteroatoms. The quantitative estimate of drug-likeness (QED) is 0.231. The molecule has 19 heavy (non-hydrogen) atoms. The Hall–Kier alpha value is 0.440. The van der Waals surface area contributed by atoms with Gasteiger partial charge in [-0.2, -0.15) is 0 Å². The Bertz CT molecular complexity index is 134. The van der Waals surface area contributed by atoms with Crippen molar-refractivity contribution in [1.82, 2.24) is 0 Å². The SMILES string of the molecule is CCCCCCCCCCCCOCCCCCBr. The molecule has 0 saturated heterocycles. The van der Waals surface area contributed by atoms with Crippen LogP contribution in [0.1, 0.15) is 90.4 Å². The molecule has 0 aromatic carbocycles. The molecule has 0 rings (SSSR count). The summed E-state index contributed by atoms with van der Waals surface area (Å²) in [5.74, 6) is 0. The van der Waals surface area contributed by atoms with Gasteiger partial charge in [0.25, 0.3) is 0 Å². The van der Waals surface area contributed by atoms with Crippen LogP contribution < -0.4 is 0 Å². The first kappa shape index (κ1) is 19.4. The standard InChI is InChI=1S/C17H35BrO/c1-2-3-4-5-6-7-8-9-10-13-16-19-17-14-11-12-15-18/h2-17H2,1H3. The Morgan fingerprint density at radius 3 is 1.47 bits per heavy atom. The van der Waals surface area contributed by atoms with E-state index in [2.05, 4.69) is 22.9 Å². The monoisotopic (exact) mass is 334 g/mol. The number of ether oxygens (including phenoxy) is 1. The molecule has 0 aromatic heterocycles. The van der Waals surface area contributed by atoms with Gasteiger partial charge in [0.1, 0.15) is 0 Å². The van der Waals surface area contributed by atoms with E-state index < -0.39 is 0 Å². The fraction of sp³-hybridized carbons (Fsp3) is 1.00. The second-order valence-electron chi connectivity index (χ2n) is 5.54. The van der Waals surface area contributed by atoms with Gasteiger partial charge in [0.2, 0.25) is 0 Å². The van der Waals surface area contributed by atoms with Crippen LogP contribution in [-0.2, 0) is 4.74 Å². The van der Waals surface area contributed by atoms with E-state index in [1.165, 1.54) is 83.5 Å². The summed E-state index contributed by atoms with van der Waals surface area (Å²) in [6, 6.07) is 0. The maximum absolute atomic E-state index is 5.64. The van der Waals surface area contributed by atoms with Crippen LogP contribution in [0.3, 0.4) is 0 Å². The van der Waals surface area contributed by atoms with Crippen molar-refractivity contribution in [2.75, 3.05) is 18.5 Å². The lowest BCUT2D eigenvalue weighted by Crippen LogP contribution is -1.97. The summed E-state index contributed by atoms with van der Waals surface area (Å²) < 4.78 is 5.64. The fourth-order valence-corrected chi connectivity index (χ4v) is 2.67. The van der Waals surface area contributed by atoms with Gasteiger partial charge in [0, 0.05) is 18.5 Å². The van der Waals surface area contributed by atoms with Gasteiger partial charge in [-0.05, 0) is 19.3 Å². The third-order valence-corrected chi connectivity index (χ3v) is 4.13. The predicted molar refractivity (Wildman–Crippen MR) is 90.3 cm³/mol. The van der Waals surface area contributed by atoms with Crippen molar-refractivity contribution in [1.29, 1.82) is 0 Å². The minimum Gasteiger partial charge on any atom is -0.381 e. The molecule has 0 atom stereocenters. The van der Waals surface area contributed by atoms with Gasteiger partial charge in [0.05, 0.1) is 0 Å². The van der Waals surface area contributed by atoms with Crippen LogP contribution in [0.15, 0.2) is 0 Å². The number of unbranched alkanes of at least 4 members (excludes halogenated alkanes) is 11. The van der Waals surface area contributed by atoms with Gasteiger partial charge in [-0.1, -0.05) is 87.1 Å². The number of alkyl halides is 1. The van der Waals surface area contributed by atoms with Crippen LogP contribution >= 0.6 is 15.9 Å². The van der Waals surface area contributed by atoms with Gasteiger partial charge in [0.15, 0.2) is 0 Å². The lowest BCUT2D eigenvalue weighted by Gasteiger charge is -2.04. The maximum atomic E-state index is 5.64. The second-order valence-corrected chi connectivity index (χ2v) is 6.34. The first-order valence-electron chi connectivity index (χ1n) is 8.55. The zero-order valence-corrected chi connectivity index (χ0v) is 14.7. The average Bonchev–Trinajstić information content (AvgIpc) is 2.43. The third-order valence-electron chi connectivity index (χ3n) is 3.56. The highest BCUT2D eigenvalue weighted by atomic mass is 79.9. The molecule has 0 heterocycles. The number of halogens is 1. The molecule has 0 radical (unpaired) electrons. The molecular formula is C17H35BrO. The zero-order valence-electron chi connectivity index (χ0n) is 13.1. The van der Waals surface area contributed by atoms with E-state index >= 15 is 0 Å². The van der Waals surface area contributed by atoms with Crippen molar-refractivity contribution in [3.8, 4) is 0 Å². The van der Waals surface area contributed by atoms with Crippen LogP contribution in [0.4, 0.5) is 0 Å². The smallest absolute Gasteiger partial charge is 0.0466 e. The lowest BCUT2D eigenvalue weighted by atomic mass is 10.1. The highest BCUT2D eigenvalue weighted by Crippen LogP contribution is 2.10. The van der Waals surface area contributed by atoms with Crippen LogP contribution in [0, 0.1) is 0 Å². The van der Waals surface area contributed by atoms with E-state index in [0.717, 1.165) is 18.5 Å². The van der Waals surface area contributed by atoms with Gasteiger partial charge in [-0.3, -0.25) is 0 Å². The van der Waals surface area contributed by atoms with Crippen LogP contribution in [0.5, 0.6) is 0 Å². The van der Waals surface area contributed by atoms with E-state index in [9.17, 15) is 0 Å². The Morgan fingerprint density at radius 1 is 0.579 bits per heavy atom. The summed E-state index contributed by atoms with van der Waals surface area (Å²) in [5, 5.41) is 1.13. The van der Waals surface area contributed by atoms with E-state index in [1.807, 2.05) is 0 Å². The molecule has 0 aliphatic carbocycles.